The second-order valence-corrected chi connectivity index (χ2v) is 7.62. The van der Waals surface area contributed by atoms with Gasteiger partial charge in [0.05, 0.1) is 20.3 Å². The van der Waals surface area contributed by atoms with Crippen LogP contribution in [0.1, 0.15) is 32.8 Å². The topological polar surface area (TPSA) is 35.5 Å². The van der Waals surface area contributed by atoms with Crippen molar-refractivity contribution in [2.24, 2.45) is 5.41 Å². The highest BCUT2D eigenvalue weighted by Crippen LogP contribution is 2.29. The maximum Gasteiger partial charge on any atom is 0.318 e. The van der Waals surface area contributed by atoms with E-state index in [1.54, 1.807) is 0 Å². The van der Waals surface area contributed by atoms with Gasteiger partial charge in [0.2, 0.25) is 0 Å². The minimum absolute atomic E-state index is 0.114. The molecule has 0 amide bonds. The van der Waals surface area contributed by atoms with Crippen LogP contribution in [0.4, 0.5) is 0 Å². The zero-order chi connectivity index (χ0) is 16.8. The molecule has 1 atom stereocenters. The highest BCUT2D eigenvalue weighted by atomic mass is 127. The number of rotatable bonds is 7. The molecule has 0 radical (unpaired) electrons. The largest absolute Gasteiger partial charge is 0.468 e. The van der Waals surface area contributed by atoms with Gasteiger partial charge in [0.15, 0.2) is 0 Å². The normalized spacial score (nSPS) is 14.0. The Kier molecular flexibility index (Phi) is 6.89. The molecule has 0 heterocycles. The Morgan fingerprint density at radius 3 is 2.55 bits per heavy atom. The number of carbonyl (C=O) groups excluding carboxylic acids is 1. The lowest BCUT2D eigenvalue weighted by Gasteiger charge is -2.29. The number of terminal acetylenes is 1. The Morgan fingerprint density at radius 1 is 1.32 bits per heavy atom. The molecule has 0 saturated heterocycles. The Hall–Kier alpha value is -1.06. The number of hydrogen-bond donors (Lipinski definition) is 0. The first-order valence-corrected chi connectivity index (χ1v) is 8.19. The fraction of sp³-hybridized carbons (Fsp3) is 0.500. The van der Waals surface area contributed by atoms with Crippen molar-refractivity contribution in [1.29, 1.82) is 0 Å². The summed E-state index contributed by atoms with van der Waals surface area (Å²) in [5.41, 5.74) is -0.0556. The standard InChI is InChI=1S/C18H23IO3/c1-6-10-17(2,3)12-22-13-18(4,16(20)21-5)14-8-7-9-15(19)11-14/h1,7-9,11H,10,12-13H2,2-5H3. The van der Waals surface area contributed by atoms with Crippen molar-refractivity contribution in [3.8, 4) is 12.3 Å². The van der Waals surface area contributed by atoms with Crippen LogP contribution in [0.3, 0.4) is 0 Å². The van der Waals surface area contributed by atoms with Crippen LogP contribution in [0.5, 0.6) is 0 Å². The molecule has 1 unspecified atom stereocenters. The molecule has 0 aliphatic heterocycles. The van der Waals surface area contributed by atoms with E-state index < -0.39 is 5.41 Å². The summed E-state index contributed by atoms with van der Waals surface area (Å²) in [6.07, 6.45) is 6.00. The predicted molar refractivity (Wildman–Crippen MR) is 96.6 cm³/mol. The Labute approximate surface area is 146 Å². The molecule has 0 spiro atoms. The SMILES string of the molecule is C#CCC(C)(C)COCC(C)(C(=O)OC)c1cccc(I)c1. The smallest absolute Gasteiger partial charge is 0.318 e. The van der Waals surface area contributed by atoms with Crippen molar-refractivity contribution >= 4 is 28.6 Å². The summed E-state index contributed by atoms with van der Waals surface area (Å²) in [6, 6.07) is 7.82. The molecule has 0 aliphatic rings. The zero-order valence-corrected chi connectivity index (χ0v) is 15.8. The zero-order valence-electron chi connectivity index (χ0n) is 13.6. The summed E-state index contributed by atoms with van der Waals surface area (Å²) in [5, 5.41) is 0. The molecule has 22 heavy (non-hydrogen) atoms. The quantitative estimate of drug-likeness (QED) is 0.387. The van der Waals surface area contributed by atoms with Crippen LogP contribution >= 0.6 is 22.6 Å². The van der Waals surface area contributed by atoms with E-state index in [2.05, 4.69) is 28.5 Å². The fourth-order valence-electron chi connectivity index (χ4n) is 2.18. The van der Waals surface area contributed by atoms with Crippen molar-refractivity contribution < 1.29 is 14.3 Å². The van der Waals surface area contributed by atoms with Gasteiger partial charge in [0.25, 0.3) is 0 Å². The first-order valence-electron chi connectivity index (χ1n) is 7.11. The molecule has 0 bridgehead atoms. The van der Waals surface area contributed by atoms with Crippen molar-refractivity contribution in [3.05, 3.63) is 33.4 Å². The third kappa shape index (κ3) is 4.99. The van der Waals surface area contributed by atoms with Crippen LogP contribution in [-0.4, -0.2) is 26.3 Å². The maximum absolute atomic E-state index is 12.3. The van der Waals surface area contributed by atoms with E-state index in [9.17, 15) is 4.79 Å². The molecule has 1 aromatic carbocycles. The summed E-state index contributed by atoms with van der Waals surface area (Å²) in [4.78, 5) is 12.3. The van der Waals surface area contributed by atoms with E-state index >= 15 is 0 Å². The van der Waals surface area contributed by atoms with Gasteiger partial charge in [-0.25, -0.2) is 0 Å². The number of carbonyl (C=O) groups is 1. The van der Waals surface area contributed by atoms with Gasteiger partial charge in [-0.3, -0.25) is 4.79 Å². The van der Waals surface area contributed by atoms with E-state index in [4.69, 9.17) is 15.9 Å². The monoisotopic (exact) mass is 414 g/mol. The van der Waals surface area contributed by atoms with Gasteiger partial charge in [0.1, 0.15) is 5.41 Å². The summed E-state index contributed by atoms with van der Waals surface area (Å²) < 4.78 is 11.9. The molecule has 1 aromatic rings. The molecule has 0 fully saturated rings. The molecule has 1 rings (SSSR count). The first kappa shape index (κ1) is 19.0. The van der Waals surface area contributed by atoms with Gasteiger partial charge in [-0.15, -0.1) is 12.3 Å². The fourth-order valence-corrected chi connectivity index (χ4v) is 2.72. The third-order valence-electron chi connectivity index (χ3n) is 3.56. The lowest BCUT2D eigenvalue weighted by atomic mass is 9.83. The molecule has 4 heteroatoms. The number of halogens is 1. The van der Waals surface area contributed by atoms with Crippen LogP contribution in [0.25, 0.3) is 0 Å². The second kappa shape index (κ2) is 7.98. The minimum atomic E-state index is -0.831. The highest BCUT2D eigenvalue weighted by Gasteiger charge is 2.37. The van der Waals surface area contributed by atoms with E-state index in [0.717, 1.165) is 9.13 Å². The molecule has 0 aliphatic carbocycles. The molecule has 0 aromatic heterocycles. The molecule has 0 N–H and O–H groups in total. The summed E-state index contributed by atoms with van der Waals surface area (Å²) in [5.74, 6) is 2.35. The molecule has 120 valence electrons. The van der Waals surface area contributed by atoms with Crippen LogP contribution in [0.15, 0.2) is 24.3 Å². The average Bonchev–Trinajstić information content (AvgIpc) is 2.45. The number of methoxy groups -OCH3 is 1. The van der Waals surface area contributed by atoms with Gasteiger partial charge in [-0.2, -0.15) is 0 Å². The van der Waals surface area contributed by atoms with Gasteiger partial charge in [0, 0.05) is 9.99 Å². The van der Waals surface area contributed by atoms with Crippen molar-refractivity contribution in [2.45, 2.75) is 32.6 Å². The average molecular weight is 414 g/mol. The Morgan fingerprint density at radius 2 is 2.00 bits per heavy atom. The summed E-state index contributed by atoms with van der Waals surface area (Å²) in [6.45, 7) is 6.70. The first-order chi connectivity index (χ1) is 10.2. The van der Waals surface area contributed by atoms with Gasteiger partial charge in [-0.1, -0.05) is 26.0 Å². The van der Waals surface area contributed by atoms with Gasteiger partial charge in [-0.05, 0) is 52.6 Å². The van der Waals surface area contributed by atoms with Crippen molar-refractivity contribution in [3.63, 3.8) is 0 Å². The highest BCUT2D eigenvalue weighted by molar-refractivity contribution is 14.1. The Bertz CT molecular complexity index is 560. The number of esters is 1. The van der Waals surface area contributed by atoms with E-state index in [1.165, 1.54) is 7.11 Å². The number of hydrogen-bond acceptors (Lipinski definition) is 3. The van der Waals surface area contributed by atoms with Crippen LogP contribution in [0.2, 0.25) is 0 Å². The second-order valence-electron chi connectivity index (χ2n) is 6.37. The minimum Gasteiger partial charge on any atom is -0.468 e. The van der Waals surface area contributed by atoms with E-state index in [1.807, 2.05) is 45.0 Å². The van der Waals surface area contributed by atoms with Crippen molar-refractivity contribution in [1.82, 2.24) is 0 Å². The molecule has 0 saturated carbocycles. The molecular formula is C18H23IO3. The Balaban J connectivity index is 2.91. The summed E-state index contributed by atoms with van der Waals surface area (Å²) >= 11 is 2.23. The molecular weight excluding hydrogens is 391 g/mol. The van der Waals surface area contributed by atoms with E-state index in [-0.39, 0.29) is 18.0 Å². The number of ether oxygens (including phenoxy) is 2. The van der Waals surface area contributed by atoms with Crippen LogP contribution < -0.4 is 0 Å². The van der Waals surface area contributed by atoms with Gasteiger partial charge >= 0.3 is 5.97 Å². The number of benzene rings is 1. The van der Waals surface area contributed by atoms with Gasteiger partial charge < -0.3 is 9.47 Å². The van der Waals surface area contributed by atoms with E-state index in [0.29, 0.717) is 13.0 Å². The van der Waals surface area contributed by atoms with Crippen LogP contribution in [0, 0.1) is 21.3 Å². The lowest BCUT2D eigenvalue weighted by Crippen LogP contribution is -2.39. The molecule has 3 nitrogen and oxygen atoms in total. The third-order valence-corrected chi connectivity index (χ3v) is 4.23. The predicted octanol–water partition coefficient (Wildman–Crippen LogP) is 3.79. The van der Waals surface area contributed by atoms with Crippen LogP contribution in [-0.2, 0) is 19.7 Å². The van der Waals surface area contributed by atoms with Crippen molar-refractivity contribution in [2.75, 3.05) is 20.3 Å². The summed E-state index contributed by atoms with van der Waals surface area (Å²) in [7, 11) is 1.40. The maximum atomic E-state index is 12.3. The lowest BCUT2D eigenvalue weighted by molar-refractivity contribution is -0.150.